The molecule has 4 saturated carbocycles. The van der Waals surface area contributed by atoms with Gasteiger partial charge in [0.1, 0.15) is 5.82 Å². The van der Waals surface area contributed by atoms with Gasteiger partial charge in [0, 0.05) is 42.0 Å². The van der Waals surface area contributed by atoms with E-state index in [-0.39, 0.29) is 5.56 Å². The Morgan fingerprint density at radius 3 is 2.67 bits per heavy atom. The Bertz CT molecular complexity index is 1080. The van der Waals surface area contributed by atoms with Crippen LogP contribution in [0.3, 0.4) is 0 Å². The van der Waals surface area contributed by atoms with Crippen molar-refractivity contribution in [2.45, 2.75) is 31.3 Å². The van der Waals surface area contributed by atoms with Crippen molar-refractivity contribution in [3.8, 4) is 11.1 Å². The second-order valence-electron chi connectivity index (χ2n) is 8.43. The second-order valence-corrected chi connectivity index (χ2v) is 8.43. The monoisotopic (exact) mass is 356 g/mol. The molecule has 7 rings (SSSR count). The van der Waals surface area contributed by atoms with Crippen LogP contribution >= 0.6 is 0 Å². The minimum Gasteiger partial charge on any atom is -0.364 e. The molecule has 1 atom stereocenters. The van der Waals surface area contributed by atoms with Gasteiger partial charge >= 0.3 is 0 Å². The maximum absolute atomic E-state index is 12.2. The first-order valence-corrected chi connectivity index (χ1v) is 9.50. The standard InChI is InChI=1S/C22H20N4O/c27-20-6-4-17(12-26(20)11-15-2-1-7-23-9-15)16-3-5-19(24-10-16)25-22-13-21(14-22)8-18(21)22/h1-7,9-10,12,18H,8,11,13-14H2,(H,24,25). The largest absolute Gasteiger partial charge is 0.364 e. The van der Waals surface area contributed by atoms with Crippen molar-refractivity contribution in [2.75, 3.05) is 5.32 Å². The predicted molar refractivity (Wildman–Crippen MR) is 103 cm³/mol. The molecule has 5 heteroatoms. The van der Waals surface area contributed by atoms with E-state index in [1.54, 1.807) is 23.0 Å². The smallest absolute Gasteiger partial charge is 0.250 e. The number of pyridine rings is 3. The molecule has 0 amide bonds. The Morgan fingerprint density at radius 1 is 1.11 bits per heavy atom. The Labute approximate surface area is 157 Å². The average molecular weight is 356 g/mol. The molecule has 2 bridgehead atoms. The molecule has 4 aliphatic rings. The summed E-state index contributed by atoms with van der Waals surface area (Å²) in [5.41, 5.74) is 4.09. The molecule has 1 spiro atoms. The number of nitrogens with one attached hydrogen (secondary N) is 1. The minimum absolute atomic E-state index is 0.0177. The second kappa shape index (κ2) is 5.06. The van der Waals surface area contributed by atoms with Gasteiger partial charge in [-0.1, -0.05) is 6.07 Å². The normalized spacial score (nSPS) is 29.3. The number of aromatic nitrogens is 3. The predicted octanol–water partition coefficient (Wildman–Crippen LogP) is 3.32. The van der Waals surface area contributed by atoms with Crippen LogP contribution in [-0.4, -0.2) is 20.1 Å². The minimum atomic E-state index is -0.0177. The van der Waals surface area contributed by atoms with Crippen LogP contribution < -0.4 is 10.9 Å². The summed E-state index contributed by atoms with van der Waals surface area (Å²) in [5, 5.41) is 3.67. The summed E-state index contributed by atoms with van der Waals surface area (Å²) >= 11 is 0. The van der Waals surface area contributed by atoms with E-state index < -0.39 is 0 Å². The lowest BCUT2D eigenvalue weighted by Crippen LogP contribution is -2.65. The lowest BCUT2D eigenvalue weighted by molar-refractivity contribution is -0.0131. The maximum atomic E-state index is 12.2. The molecule has 27 heavy (non-hydrogen) atoms. The molecule has 4 fully saturated rings. The fourth-order valence-corrected chi connectivity index (χ4v) is 5.29. The van der Waals surface area contributed by atoms with E-state index in [2.05, 4.69) is 27.4 Å². The molecule has 1 unspecified atom stereocenters. The maximum Gasteiger partial charge on any atom is 0.250 e. The van der Waals surface area contributed by atoms with E-state index in [4.69, 9.17) is 0 Å². The van der Waals surface area contributed by atoms with Gasteiger partial charge in [-0.2, -0.15) is 0 Å². The molecule has 0 radical (unpaired) electrons. The lowest BCUT2D eigenvalue weighted by Gasteiger charge is -2.61. The third-order valence-corrected chi connectivity index (χ3v) is 6.72. The van der Waals surface area contributed by atoms with Crippen molar-refractivity contribution >= 4 is 5.82 Å². The fourth-order valence-electron chi connectivity index (χ4n) is 5.29. The van der Waals surface area contributed by atoms with Crippen molar-refractivity contribution in [1.29, 1.82) is 0 Å². The molecule has 3 aromatic heterocycles. The van der Waals surface area contributed by atoms with Crippen molar-refractivity contribution in [3.63, 3.8) is 0 Å². The van der Waals surface area contributed by atoms with E-state index in [9.17, 15) is 4.79 Å². The summed E-state index contributed by atoms with van der Waals surface area (Å²) in [6, 6.07) is 11.5. The molecule has 5 nitrogen and oxygen atoms in total. The first-order valence-electron chi connectivity index (χ1n) is 9.50. The number of anilines is 1. The number of nitrogens with zero attached hydrogens (tertiary/aromatic N) is 3. The molecule has 4 aliphatic carbocycles. The molecule has 134 valence electrons. The summed E-state index contributed by atoms with van der Waals surface area (Å²) in [4.78, 5) is 21.0. The van der Waals surface area contributed by atoms with Crippen LogP contribution in [0.1, 0.15) is 24.8 Å². The van der Waals surface area contributed by atoms with Crippen LogP contribution in [0.5, 0.6) is 0 Å². The Hall–Kier alpha value is -2.95. The molecular weight excluding hydrogens is 336 g/mol. The first kappa shape index (κ1) is 15.1. The van der Waals surface area contributed by atoms with Crippen LogP contribution in [0.4, 0.5) is 5.82 Å². The third-order valence-electron chi connectivity index (χ3n) is 6.72. The van der Waals surface area contributed by atoms with Crippen molar-refractivity contribution in [3.05, 3.63) is 77.1 Å². The van der Waals surface area contributed by atoms with Crippen LogP contribution in [-0.2, 0) is 6.54 Å². The van der Waals surface area contributed by atoms with E-state index in [0.29, 0.717) is 12.1 Å². The first-order chi connectivity index (χ1) is 13.2. The van der Waals surface area contributed by atoms with Crippen LogP contribution in [0, 0.1) is 11.3 Å². The Kier molecular flexibility index (Phi) is 2.84. The van der Waals surface area contributed by atoms with Gasteiger partial charge in [-0.15, -0.1) is 0 Å². The Balaban J connectivity index is 1.23. The van der Waals surface area contributed by atoms with Gasteiger partial charge in [0.2, 0.25) is 0 Å². The van der Waals surface area contributed by atoms with E-state index in [1.165, 1.54) is 19.3 Å². The molecule has 3 aromatic rings. The summed E-state index contributed by atoms with van der Waals surface area (Å²) < 4.78 is 1.72. The third kappa shape index (κ3) is 2.21. The lowest BCUT2D eigenvalue weighted by atomic mass is 9.49. The molecule has 0 saturated heterocycles. The highest BCUT2D eigenvalue weighted by Crippen LogP contribution is 2.87. The quantitative estimate of drug-likeness (QED) is 0.762. The molecule has 3 heterocycles. The van der Waals surface area contributed by atoms with E-state index in [0.717, 1.165) is 33.8 Å². The molecule has 1 N–H and O–H groups in total. The van der Waals surface area contributed by atoms with Crippen molar-refractivity contribution in [1.82, 2.24) is 14.5 Å². The van der Waals surface area contributed by atoms with Crippen LogP contribution in [0.25, 0.3) is 11.1 Å². The highest BCUT2D eigenvalue weighted by atomic mass is 16.1. The fraction of sp³-hybridized carbons (Fsp3) is 0.318. The van der Waals surface area contributed by atoms with Crippen LogP contribution in [0.2, 0.25) is 0 Å². The zero-order chi connectivity index (χ0) is 18.1. The van der Waals surface area contributed by atoms with Gasteiger partial charge in [-0.25, -0.2) is 4.98 Å². The van der Waals surface area contributed by atoms with Gasteiger partial charge in [0.05, 0.1) is 6.54 Å². The van der Waals surface area contributed by atoms with E-state index in [1.807, 2.05) is 30.6 Å². The van der Waals surface area contributed by atoms with Gasteiger partial charge in [0.25, 0.3) is 5.56 Å². The van der Waals surface area contributed by atoms with Gasteiger partial charge in [-0.3, -0.25) is 9.78 Å². The Morgan fingerprint density at radius 2 is 2.00 bits per heavy atom. The summed E-state index contributed by atoms with van der Waals surface area (Å²) in [5.74, 6) is 1.87. The molecular formula is C22H20N4O. The van der Waals surface area contributed by atoms with E-state index >= 15 is 0 Å². The van der Waals surface area contributed by atoms with Gasteiger partial charge < -0.3 is 9.88 Å². The number of hydrogen-bond acceptors (Lipinski definition) is 4. The van der Waals surface area contributed by atoms with Crippen LogP contribution in [0.15, 0.2) is 66.0 Å². The number of rotatable bonds is 5. The van der Waals surface area contributed by atoms with Crippen molar-refractivity contribution < 1.29 is 0 Å². The zero-order valence-corrected chi connectivity index (χ0v) is 14.9. The van der Waals surface area contributed by atoms with Gasteiger partial charge in [0.15, 0.2) is 0 Å². The van der Waals surface area contributed by atoms with Gasteiger partial charge in [-0.05, 0) is 66.0 Å². The average Bonchev–Trinajstić information content (AvgIpc) is 3.22. The SMILES string of the molecule is O=c1ccc(-c2ccc(NC34CC5(CC53)C4)nc2)cn1Cc1cccnc1. The highest BCUT2D eigenvalue weighted by Gasteiger charge is 2.86. The summed E-state index contributed by atoms with van der Waals surface area (Å²) in [6.07, 6.45) is 11.4. The molecule has 0 aromatic carbocycles. The summed E-state index contributed by atoms with van der Waals surface area (Å²) in [7, 11) is 0. The highest BCUT2D eigenvalue weighted by molar-refractivity contribution is 5.63. The molecule has 0 aliphatic heterocycles. The van der Waals surface area contributed by atoms with Crippen molar-refractivity contribution in [2.24, 2.45) is 11.3 Å². The number of hydrogen-bond donors (Lipinski definition) is 1. The summed E-state index contributed by atoms with van der Waals surface area (Å²) in [6.45, 7) is 0.513. The topological polar surface area (TPSA) is 59.8 Å². The zero-order valence-electron chi connectivity index (χ0n) is 14.9.